The Morgan fingerprint density at radius 2 is 1.70 bits per heavy atom. The first kappa shape index (κ1) is 17.7. The molecule has 1 heterocycles. The largest absolute Gasteiger partial charge is 0.341 e. The van der Waals surface area contributed by atoms with E-state index in [1.165, 1.54) is 32.7 Å². The van der Waals surface area contributed by atoms with Gasteiger partial charge in [-0.3, -0.25) is 19.8 Å². The summed E-state index contributed by atoms with van der Waals surface area (Å²) in [6.45, 7) is 4.43. The van der Waals surface area contributed by atoms with Crippen LogP contribution in [0.25, 0.3) is 0 Å². The number of carbonyl (C=O) groups excluding carboxylic acids is 3. The number of hydrogen-bond donors (Lipinski definition) is 2. The van der Waals surface area contributed by atoms with E-state index in [9.17, 15) is 14.4 Å². The van der Waals surface area contributed by atoms with Crippen molar-refractivity contribution < 1.29 is 14.4 Å². The minimum Gasteiger partial charge on any atom is -0.341 e. The van der Waals surface area contributed by atoms with Crippen LogP contribution >= 0.6 is 0 Å². The van der Waals surface area contributed by atoms with Gasteiger partial charge in [-0.25, -0.2) is 4.79 Å². The lowest BCUT2D eigenvalue weighted by atomic mass is 10.0. The first-order valence-electron chi connectivity index (χ1n) is 8.55. The lowest BCUT2D eigenvalue weighted by Gasteiger charge is -2.37. The van der Waals surface area contributed by atoms with Crippen molar-refractivity contribution in [1.82, 2.24) is 20.4 Å². The fourth-order valence-electron chi connectivity index (χ4n) is 3.39. The number of nitrogens with one attached hydrogen (secondary N) is 2. The Hall–Kier alpha value is -1.63. The van der Waals surface area contributed by atoms with Crippen molar-refractivity contribution in [2.75, 3.05) is 33.2 Å². The van der Waals surface area contributed by atoms with Crippen LogP contribution in [0.2, 0.25) is 0 Å². The third-order valence-electron chi connectivity index (χ3n) is 5.00. The molecule has 0 aromatic heterocycles. The Morgan fingerprint density at radius 1 is 1.09 bits per heavy atom. The van der Waals surface area contributed by atoms with Gasteiger partial charge in [-0.1, -0.05) is 12.8 Å². The molecule has 23 heavy (non-hydrogen) atoms. The molecule has 130 valence electrons. The lowest BCUT2D eigenvalue weighted by Crippen LogP contribution is -2.56. The number of carbonyl (C=O) groups is 3. The highest BCUT2D eigenvalue weighted by Gasteiger charge is 2.29. The summed E-state index contributed by atoms with van der Waals surface area (Å²) in [5.41, 5.74) is 0. The van der Waals surface area contributed by atoms with Crippen molar-refractivity contribution in [3.8, 4) is 0 Å². The Labute approximate surface area is 137 Å². The van der Waals surface area contributed by atoms with Gasteiger partial charge in [0.05, 0.1) is 6.04 Å². The standard InChI is InChI=1S/C16H28N4O3/c1-12(15(22)18-16(23)17-2)19-7-9-20(10-8-19)14(21)11-13-5-3-4-6-13/h12-13H,3-11H2,1-2H3,(H2,17,18,22,23). The predicted molar refractivity (Wildman–Crippen MR) is 86.8 cm³/mol. The minimum absolute atomic E-state index is 0.249. The van der Waals surface area contributed by atoms with Crippen LogP contribution in [-0.4, -0.2) is 66.9 Å². The summed E-state index contributed by atoms with van der Waals surface area (Å²) >= 11 is 0. The van der Waals surface area contributed by atoms with E-state index >= 15 is 0 Å². The van der Waals surface area contributed by atoms with Crippen LogP contribution in [0.15, 0.2) is 0 Å². The van der Waals surface area contributed by atoms with Gasteiger partial charge in [0.25, 0.3) is 0 Å². The molecule has 0 radical (unpaired) electrons. The average Bonchev–Trinajstić information content (AvgIpc) is 3.07. The molecule has 1 atom stereocenters. The molecule has 2 rings (SSSR count). The number of imide groups is 1. The van der Waals surface area contributed by atoms with E-state index in [4.69, 9.17) is 0 Å². The smallest absolute Gasteiger partial charge is 0.321 e. The number of hydrogen-bond acceptors (Lipinski definition) is 4. The molecule has 7 heteroatoms. The second-order valence-electron chi connectivity index (χ2n) is 6.52. The van der Waals surface area contributed by atoms with Crippen molar-refractivity contribution >= 4 is 17.8 Å². The summed E-state index contributed by atoms with van der Waals surface area (Å²) in [5, 5.41) is 4.67. The van der Waals surface area contributed by atoms with Gasteiger partial charge in [-0.15, -0.1) is 0 Å². The zero-order chi connectivity index (χ0) is 16.8. The molecule has 2 N–H and O–H groups in total. The number of piperazine rings is 1. The fraction of sp³-hybridized carbons (Fsp3) is 0.812. The average molecular weight is 324 g/mol. The van der Waals surface area contributed by atoms with Gasteiger partial charge in [-0.2, -0.15) is 0 Å². The molecule has 4 amide bonds. The molecule has 1 unspecified atom stereocenters. The molecular weight excluding hydrogens is 296 g/mol. The number of urea groups is 1. The third kappa shape index (κ3) is 4.92. The van der Waals surface area contributed by atoms with Gasteiger partial charge in [-0.05, 0) is 25.7 Å². The van der Waals surface area contributed by atoms with Crippen molar-refractivity contribution in [2.45, 2.75) is 45.1 Å². The zero-order valence-corrected chi connectivity index (χ0v) is 14.1. The van der Waals surface area contributed by atoms with Gasteiger partial charge in [0.1, 0.15) is 0 Å². The van der Waals surface area contributed by atoms with Crippen molar-refractivity contribution in [3.05, 3.63) is 0 Å². The predicted octanol–water partition coefficient (Wildman–Crippen LogP) is 0.555. The van der Waals surface area contributed by atoms with E-state index in [0.29, 0.717) is 38.5 Å². The van der Waals surface area contributed by atoms with Crippen LogP contribution in [0.1, 0.15) is 39.0 Å². The molecule has 7 nitrogen and oxygen atoms in total. The molecule has 2 fully saturated rings. The maximum absolute atomic E-state index is 12.3. The van der Waals surface area contributed by atoms with Gasteiger partial charge < -0.3 is 10.2 Å². The summed E-state index contributed by atoms with van der Waals surface area (Å²) in [5.74, 6) is 0.506. The summed E-state index contributed by atoms with van der Waals surface area (Å²) in [4.78, 5) is 39.4. The Bertz CT molecular complexity index is 441. The Balaban J connectivity index is 1.75. The minimum atomic E-state index is -0.493. The van der Waals surface area contributed by atoms with Gasteiger partial charge >= 0.3 is 6.03 Å². The summed E-state index contributed by atoms with van der Waals surface area (Å²) in [6.07, 6.45) is 5.55. The molecule has 1 aliphatic heterocycles. The Morgan fingerprint density at radius 3 is 2.26 bits per heavy atom. The highest BCUT2D eigenvalue weighted by Crippen LogP contribution is 2.28. The first-order chi connectivity index (χ1) is 11.0. The number of amides is 4. The second kappa shape index (κ2) is 8.29. The molecule has 0 bridgehead atoms. The van der Waals surface area contributed by atoms with E-state index in [1.54, 1.807) is 6.92 Å². The third-order valence-corrected chi connectivity index (χ3v) is 5.00. The second-order valence-corrected chi connectivity index (χ2v) is 6.52. The van der Waals surface area contributed by atoms with E-state index in [1.807, 2.05) is 9.80 Å². The van der Waals surface area contributed by atoms with Crippen LogP contribution in [0.4, 0.5) is 4.79 Å². The number of rotatable bonds is 4. The van der Waals surface area contributed by atoms with Crippen LogP contribution in [0, 0.1) is 5.92 Å². The van der Waals surface area contributed by atoms with Crippen molar-refractivity contribution in [2.24, 2.45) is 5.92 Å². The van der Waals surface area contributed by atoms with Gasteiger partial charge in [0.2, 0.25) is 11.8 Å². The Kier molecular flexibility index (Phi) is 6.38. The molecule has 1 saturated heterocycles. The van der Waals surface area contributed by atoms with Crippen LogP contribution in [-0.2, 0) is 9.59 Å². The lowest BCUT2D eigenvalue weighted by molar-refractivity contribution is -0.135. The van der Waals surface area contributed by atoms with Gasteiger partial charge in [0, 0.05) is 39.6 Å². The highest BCUT2D eigenvalue weighted by atomic mass is 16.2. The summed E-state index contributed by atoms with van der Waals surface area (Å²) in [6, 6.07) is -0.869. The molecule has 0 spiro atoms. The molecular formula is C16H28N4O3. The topological polar surface area (TPSA) is 81.8 Å². The highest BCUT2D eigenvalue weighted by molar-refractivity contribution is 5.96. The fourth-order valence-corrected chi connectivity index (χ4v) is 3.39. The normalized spacial score (nSPS) is 21.0. The molecule has 1 aliphatic carbocycles. The van der Waals surface area contributed by atoms with E-state index < -0.39 is 6.03 Å². The molecule has 0 aromatic rings. The quantitative estimate of drug-likeness (QED) is 0.791. The zero-order valence-electron chi connectivity index (χ0n) is 14.1. The molecule has 1 saturated carbocycles. The molecule has 2 aliphatic rings. The van der Waals surface area contributed by atoms with Crippen molar-refractivity contribution in [3.63, 3.8) is 0 Å². The SMILES string of the molecule is CNC(=O)NC(=O)C(C)N1CCN(C(=O)CC2CCCC2)CC1. The van der Waals surface area contributed by atoms with Crippen molar-refractivity contribution in [1.29, 1.82) is 0 Å². The van der Waals surface area contributed by atoms with E-state index in [0.717, 1.165) is 0 Å². The number of nitrogens with zero attached hydrogens (tertiary/aromatic N) is 2. The van der Waals surface area contributed by atoms with Gasteiger partial charge in [0.15, 0.2) is 0 Å². The van der Waals surface area contributed by atoms with Crippen LogP contribution < -0.4 is 10.6 Å². The summed E-state index contributed by atoms with van der Waals surface area (Å²) < 4.78 is 0. The molecule has 0 aromatic carbocycles. The van der Waals surface area contributed by atoms with E-state index in [-0.39, 0.29) is 17.9 Å². The monoisotopic (exact) mass is 324 g/mol. The van der Waals surface area contributed by atoms with E-state index in [2.05, 4.69) is 10.6 Å². The first-order valence-corrected chi connectivity index (χ1v) is 8.55. The maximum atomic E-state index is 12.3. The van der Waals surface area contributed by atoms with Crippen LogP contribution in [0.3, 0.4) is 0 Å². The maximum Gasteiger partial charge on any atom is 0.321 e. The van der Waals surface area contributed by atoms with Crippen LogP contribution in [0.5, 0.6) is 0 Å². The summed E-state index contributed by atoms with van der Waals surface area (Å²) in [7, 11) is 1.47.